The first-order chi connectivity index (χ1) is 29.5. The Balaban J connectivity index is 0.000000272. The number of nitrogens with one attached hydrogen (secondary N) is 2. The number of hydrogen-bond acceptors (Lipinski definition) is 14. The van der Waals surface area contributed by atoms with E-state index in [1.807, 2.05) is 87.9 Å². The van der Waals surface area contributed by atoms with Crippen molar-refractivity contribution in [1.82, 2.24) is 30.2 Å². The number of piperazine rings is 3. The van der Waals surface area contributed by atoms with Crippen LogP contribution >= 0.6 is 78.3 Å². The minimum Gasteiger partial charge on any atom is -0.444 e. The summed E-state index contributed by atoms with van der Waals surface area (Å²) in [6.45, 7) is 24.9. The molecule has 3 N–H and O–H groups in total. The highest BCUT2D eigenvalue weighted by Gasteiger charge is 2.26. The van der Waals surface area contributed by atoms with Crippen molar-refractivity contribution < 1.29 is 28.4 Å². The van der Waals surface area contributed by atoms with E-state index in [1.165, 1.54) is 27.7 Å². The zero-order valence-corrected chi connectivity index (χ0v) is 43.0. The van der Waals surface area contributed by atoms with Crippen molar-refractivity contribution in [1.29, 1.82) is 0 Å². The Morgan fingerprint density at radius 1 is 0.613 bits per heavy atom. The molecule has 0 unspecified atom stereocenters. The summed E-state index contributed by atoms with van der Waals surface area (Å²) in [5.74, 6) is 0.650. The van der Waals surface area contributed by atoms with Gasteiger partial charge in [-0.05, 0) is 87.3 Å². The van der Waals surface area contributed by atoms with Crippen LogP contribution in [0.3, 0.4) is 0 Å². The quantitative estimate of drug-likeness (QED) is 0.127. The van der Waals surface area contributed by atoms with Crippen LogP contribution in [0, 0.1) is 0 Å². The number of hydrogen-bond donors (Lipinski definition) is 3. The fraction of sp³-hybridized carbons (Fsp3) is 0.571. The maximum absolute atomic E-state index is 11.9. The highest BCUT2D eigenvalue weighted by atomic mass is 36.0. The van der Waals surface area contributed by atoms with Gasteiger partial charge in [0.15, 0.2) is 0 Å². The molecule has 0 spiro atoms. The van der Waals surface area contributed by atoms with Gasteiger partial charge in [0, 0.05) is 132 Å². The molecular formula is C42H65Cl3N6O6S5. The van der Waals surface area contributed by atoms with Gasteiger partial charge in [-0.3, -0.25) is 9.80 Å². The summed E-state index contributed by atoms with van der Waals surface area (Å²) in [6, 6.07) is 16.4. The molecule has 3 fully saturated rings. The topological polar surface area (TPSA) is 127 Å². The van der Waals surface area contributed by atoms with Crippen molar-refractivity contribution in [3.05, 3.63) is 89.6 Å². The molecule has 3 aliphatic rings. The maximum atomic E-state index is 11.9. The number of amides is 2. The first-order valence-electron chi connectivity index (χ1n) is 20.3. The van der Waals surface area contributed by atoms with E-state index < -0.39 is 14.8 Å². The molecule has 0 saturated carbocycles. The Hall–Kier alpha value is -1.84. The second-order valence-corrected chi connectivity index (χ2v) is 22.7. The Labute approximate surface area is 401 Å². The van der Waals surface area contributed by atoms with E-state index in [0.29, 0.717) is 5.88 Å². The van der Waals surface area contributed by atoms with E-state index in [0.717, 1.165) is 83.4 Å². The molecule has 2 amide bonds. The van der Waals surface area contributed by atoms with E-state index in [1.54, 1.807) is 43.8 Å². The van der Waals surface area contributed by atoms with E-state index >= 15 is 0 Å². The third-order valence-electron chi connectivity index (χ3n) is 8.37. The third kappa shape index (κ3) is 28.2. The van der Waals surface area contributed by atoms with Crippen LogP contribution in [0.5, 0.6) is 0 Å². The maximum Gasteiger partial charge on any atom is 0.410 e. The molecule has 0 bridgehead atoms. The molecule has 20 heteroatoms. The fourth-order valence-electron chi connectivity index (χ4n) is 5.50. The highest BCUT2D eigenvalue weighted by molar-refractivity contribution is 8.26. The van der Waals surface area contributed by atoms with Gasteiger partial charge in [-0.2, -0.15) is 0 Å². The van der Waals surface area contributed by atoms with Crippen LogP contribution in [0.1, 0.15) is 61.1 Å². The van der Waals surface area contributed by atoms with Crippen LogP contribution in [-0.2, 0) is 44.3 Å². The first kappa shape index (κ1) is 56.3. The zero-order valence-electron chi connectivity index (χ0n) is 36.7. The van der Waals surface area contributed by atoms with Gasteiger partial charge < -0.3 is 35.0 Å². The molecule has 0 atom stereocenters. The lowest BCUT2D eigenvalue weighted by Crippen LogP contribution is -2.49. The van der Waals surface area contributed by atoms with Crippen LogP contribution in [0.2, 0.25) is 0 Å². The van der Waals surface area contributed by atoms with E-state index in [9.17, 15) is 9.59 Å². The molecule has 0 aliphatic carbocycles. The Morgan fingerprint density at radius 3 is 1.26 bits per heavy atom. The first-order valence-corrected chi connectivity index (χ1v) is 27.2. The Bertz CT molecular complexity index is 1670. The van der Waals surface area contributed by atoms with Gasteiger partial charge in [0.1, 0.15) is 11.2 Å². The van der Waals surface area contributed by atoms with Crippen LogP contribution in [0.15, 0.2) is 70.1 Å². The average Bonchev–Trinajstić information content (AvgIpc) is 4.09. The third-order valence-corrected chi connectivity index (χ3v) is 12.3. The summed E-state index contributed by atoms with van der Waals surface area (Å²) >= 11 is 12.4. The average molecular weight is 1020 g/mol. The Kier molecular flexibility index (Phi) is 29.0. The SMILES string of the molecule is CC(C)(C)OC(=O)N1CCN(Cc2cccs2)CC1.CC(C)(C)OC(=O)N1CCNCC1.ClCc1cccs1.O=S(Cl)Cl.OCc1cccs1.c1csc(CN2CCNCC2)c1. The molecular weight excluding hydrogens is 951 g/mol. The molecule has 12 nitrogen and oxygen atoms in total. The van der Waals surface area contributed by atoms with Gasteiger partial charge in [-0.1, -0.05) is 24.3 Å². The predicted molar refractivity (Wildman–Crippen MR) is 265 cm³/mol. The molecule has 0 aromatic carbocycles. The molecule has 3 saturated heterocycles. The summed E-state index contributed by atoms with van der Waals surface area (Å²) in [5.41, 5.74) is -0.798. The lowest BCUT2D eigenvalue weighted by atomic mass is 10.2. The lowest BCUT2D eigenvalue weighted by Gasteiger charge is -2.35. The number of carbonyl (C=O) groups is 2. The summed E-state index contributed by atoms with van der Waals surface area (Å²) in [4.78, 5) is 37.0. The van der Waals surface area contributed by atoms with Gasteiger partial charge in [-0.25, -0.2) is 13.8 Å². The smallest absolute Gasteiger partial charge is 0.410 e. The van der Waals surface area contributed by atoms with Gasteiger partial charge in [0.25, 0.3) is 0 Å². The minimum atomic E-state index is -1.67. The van der Waals surface area contributed by atoms with E-state index in [2.05, 4.69) is 76.8 Å². The minimum absolute atomic E-state index is 0.178. The Morgan fingerprint density at radius 2 is 0.952 bits per heavy atom. The summed E-state index contributed by atoms with van der Waals surface area (Å²) in [5, 5.41) is 23.2. The summed E-state index contributed by atoms with van der Waals surface area (Å²) in [6.07, 6.45) is -0.391. The zero-order chi connectivity index (χ0) is 45.8. The van der Waals surface area contributed by atoms with E-state index in [4.69, 9.17) is 30.4 Å². The van der Waals surface area contributed by atoms with Crippen LogP contribution in [0.4, 0.5) is 9.59 Å². The number of carbonyl (C=O) groups excluding carboxylic acids is 2. The number of alkyl halides is 1. The fourth-order valence-corrected chi connectivity index (χ4v) is 8.38. The molecule has 7 rings (SSSR count). The van der Waals surface area contributed by atoms with Gasteiger partial charge in [0.2, 0.25) is 9.23 Å². The molecule has 4 aromatic heterocycles. The normalized spacial score (nSPS) is 15.7. The number of nitrogens with zero attached hydrogens (tertiary/aromatic N) is 4. The second-order valence-electron chi connectivity index (χ2n) is 15.8. The van der Waals surface area contributed by atoms with Crippen LogP contribution in [-0.4, -0.2) is 131 Å². The lowest BCUT2D eigenvalue weighted by molar-refractivity contribution is 0.0138. The summed E-state index contributed by atoms with van der Waals surface area (Å²) in [7, 11) is 7.36. The van der Waals surface area contributed by atoms with Gasteiger partial charge in [0.05, 0.1) is 12.5 Å². The van der Waals surface area contributed by atoms with Crippen molar-refractivity contribution in [3.63, 3.8) is 0 Å². The molecule has 7 heterocycles. The van der Waals surface area contributed by atoms with Crippen molar-refractivity contribution in [2.75, 3.05) is 78.5 Å². The number of aliphatic hydroxyl groups is 1. The van der Waals surface area contributed by atoms with Crippen molar-refractivity contribution >= 4 is 99.7 Å². The van der Waals surface area contributed by atoms with Crippen LogP contribution in [0.25, 0.3) is 0 Å². The number of thiophene rings is 4. The predicted octanol–water partition coefficient (Wildman–Crippen LogP) is 9.55. The van der Waals surface area contributed by atoms with Gasteiger partial charge in [-0.15, -0.1) is 56.9 Å². The highest BCUT2D eigenvalue weighted by Crippen LogP contribution is 2.16. The largest absolute Gasteiger partial charge is 0.444 e. The van der Waals surface area contributed by atoms with Gasteiger partial charge >= 0.3 is 12.2 Å². The standard InChI is InChI=1S/C14H22N2O2S.C9H18N2O2.C9H14N2S.C5H5ClS.C5H6OS.Cl2OS/c1-14(2,3)18-13(17)16-8-6-15(7-9-16)11-12-5-4-10-19-12;1-9(2,3)13-8(12)11-6-4-10-5-7-11;1-2-9(12-7-1)8-11-5-3-10-4-6-11;2*6-4-5-2-1-3-7-5;1-4(2)3/h4-5,10H,6-9,11H2,1-3H3;10H,4-7H2,1-3H3;1-2,7,10H,3-6,8H2;1-3H,4H2;1-3,6H,4H2;. The number of halogens is 3. The summed E-state index contributed by atoms with van der Waals surface area (Å²) < 4.78 is 19.7. The number of ether oxygens (including phenoxy) is 2. The molecule has 0 radical (unpaired) electrons. The number of rotatable bonds is 6. The van der Waals surface area contributed by atoms with Crippen LogP contribution < -0.4 is 10.6 Å². The number of aliphatic hydroxyl groups excluding tert-OH is 1. The van der Waals surface area contributed by atoms with Crippen molar-refractivity contribution in [2.24, 2.45) is 0 Å². The molecule has 350 valence electrons. The molecule has 4 aromatic rings. The van der Waals surface area contributed by atoms with E-state index in [-0.39, 0.29) is 24.4 Å². The molecule has 62 heavy (non-hydrogen) atoms. The molecule has 3 aliphatic heterocycles. The van der Waals surface area contributed by atoms with Crippen molar-refractivity contribution in [3.8, 4) is 0 Å². The second kappa shape index (κ2) is 31.9. The van der Waals surface area contributed by atoms with Crippen molar-refractivity contribution in [2.45, 2.75) is 78.3 Å². The monoisotopic (exact) mass is 1010 g/mol.